The highest BCUT2D eigenvalue weighted by molar-refractivity contribution is 6.19. The minimum absolute atomic E-state index is 0.0432. The molecule has 0 unspecified atom stereocenters. The molecule has 18 heavy (non-hydrogen) atoms. The van der Waals surface area contributed by atoms with Gasteiger partial charge in [-0.2, -0.15) is 0 Å². The summed E-state index contributed by atoms with van der Waals surface area (Å²) in [6.07, 6.45) is 1.71. The Bertz CT molecular complexity index is 512. The lowest BCUT2D eigenvalue weighted by atomic mass is 10.1. The van der Waals surface area contributed by atoms with Crippen LogP contribution in [-0.4, -0.2) is 22.2 Å². The van der Waals surface area contributed by atoms with Crippen LogP contribution in [0.3, 0.4) is 0 Å². The van der Waals surface area contributed by atoms with E-state index in [4.69, 9.17) is 11.6 Å². The lowest BCUT2D eigenvalue weighted by Gasteiger charge is -2.13. The molecule has 6 heteroatoms. The number of carbonyl (C=O) groups excluding carboxylic acids is 1. The Kier molecular flexibility index (Phi) is 3.26. The zero-order valence-electron chi connectivity index (χ0n) is 9.90. The van der Waals surface area contributed by atoms with Crippen LogP contribution in [0.25, 0.3) is 0 Å². The lowest BCUT2D eigenvalue weighted by Crippen LogP contribution is -2.38. The van der Waals surface area contributed by atoms with Crippen LogP contribution in [0.15, 0.2) is 18.2 Å². The monoisotopic (exact) mass is 268 g/mol. The topological polar surface area (TPSA) is 72.2 Å². The van der Waals surface area contributed by atoms with Crippen LogP contribution in [0, 0.1) is 17.0 Å². The molecule has 0 aliphatic heterocycles. The Morgan fingerprint density at radius 1 is 1.56 bits per heavy atom. The summed E-state index contributed by atoms with van der Waals surface area (Å²) < 4.78 is 0. The number of hydrogen-bond donors (Lipinski definition) is 1. The predicted octanol–water partition coefficient (Wildman–Crippen LogP) is 2.40. The zero-order chi connectivity index (χ0) is 13.3. The molecule has 5 nitrogen and oxygen atoms in total. The Hall–Kier alpha value is -1.62. The fourth-order valence-corrected chi connectivity index (χ4v) is 2.04. The number of benzene rings is 1. The van der Waals surface area contributed by atoms with Gasteiger partial charge in [0.1, 0.15) is 0 Å². The summed E-state index contributed by atoms with van der Waals surface area (Å²) in [5, 5.41) is 13.6. The number of alkyl halides is 1. The summed E-state index contributed by atoms with van der Waals surface area (Å²) in [4.78, 5) is 22.3. The van der Waals surface area contributed by atoms with E-state index in [2.05, 4.69) is 5.32 Å². The number of rotatable bonds is 4. The molecule has 0 aromatic heterocycles. The molecule has 1 N–H and O–H groups in total. The molecule has 1 amide bonds. The fourth-order valence-electron chi connectivity index (χ4n) is 1.70. The smallest absolute Gasteiger partial charge is 0.273 e. The van der Waals surface area contributed by atoms with E-state index in [-0.39, 0.29) is 17.1 Å². The third-order valence-corrected chi connectivity index (χ3v) is 3.67. The van der Waals surface area contributed by atoms with Crippen molar-refractivity contribution in [3.05, 3.63) is 39.4 Å². The highest BCUT2D eigenvalue weighted by atomic mass is 35.5. The SMILES string of the molecule is Cc1ccc(C(=O)NC2(CCl)CC2)cc1[N+](=O)[O-]. The number of nitrogens with zero attached hydrogens (tertiary/aromatic N) is 1. The maximum absolute atomic E-state index is 12.0. The Labute approximate surface area is 109 Å². The van der Waals surface area contributed by atoms with E-state index in [9.17, 15) is 14.9 Å². The zero-order valence-corrected chi connectivity index (χ0v) is 10.7. The van der Waals surface area contributed by atoms with E-state index in [0.717, 1.165) is 12.8 Å². The van der Waals surface area contributed by atoms with Crippen molar-refractivity contribution in [2.75, 3.05) is 5.88 Å². The molecule has 1 aliphatic carbocycles. The number of halogens is 1. The number of nitrogens with one attached hydrogen (secondary N) is 1. The number of aryl methyl sites for hydroxylation is 1. The molecule has 1 aromatic carbocycles. The van der Waals surface area contributed by atoms with Gasteiger partial charge in [0.2, 0.25) is 0 Å². The van der Waals surface area contributed by atoms with Crippen LogP contribution >= 0.6 is 11.6 Å². The molecule has 0 atom stereocenters. The van der Waals surface area contributed by atoms with Gasteiger partial charge in [-0.25, -0.2) is 0 Å². The van der Waals surface area contributed by atoms with Crippen LogP contribution in [0.5, 0.6) is 0 Å². The van der Waals surface area contributed by atoms with Crippen molar-refractivity contribution >= 4 is 23.2 Å². The van der Waals surface area contributed by atoms with Gasteiger partial charge < -0.3 is 5.32 Å². The van der Waals surface area contributed by atoms with Gasteiger partial charge in [-0.1, -0.05) is 6.07 Å². The van der Waals surface area contributed by atoms with Gasteiger partial charge >= 0.3 is 0 Å². The first kappa shape index (κ1) is 12.8. The van der Waals surface area contributed by atoms with Gasteiger partial charge in [0.25, 0.3) is 11.6 Å². The quantitative estimate of drug-likeness (QED) is 0.518. The average Bonchev–Trinajstić information content (AvgIpc) is 3.09. The molecule has 0 heterocycles. The van der Waals surface area contributed by atoms with E-state index in [1.165, 1.54) is 6.07 Å². The molecule has 1 saturated carbocycles. The minimum Gasteiger partial charge on any atom is -0.345 e. The van der Waals surface area contributed by atoms with Gasteiger partial charge in [0.15, 0.2) is 0 Å². The molecule has 0 radical (unpaired) electrons. The van der Waals surface area contributed by atoms with E-state index in [0.29, 0.717) is 17.0 Å². The van der Waals surface area contributed by atoms with Crippen LogP contribution in [0.2, 0.25) is 0 Å². The maximum Gasteiger partial charge on any atom is 0.273 e. The van der Waals surface area contributed by atoms with Crippen molar-refractivity contribution in [1.82, 2.24) is 5.32 Å². The average molecular weight is 269 g/mol. The second-order valence-electron chi connectivity index (χ2n) is 4.63. The molecule has 0 spiro atoms. The summed E-state index contributed by atoms with van der Waals surface area (Å²) in [6.45, 7) is 1.64. The third-order valence-electron chi connectivity index (χ3n) is 3.16. The molecular weight excluding hydrogens is 256 g/mol. The van der Waals surface area contributed by atoms with Crippen molar-refractivity contribution in [3.8, 4) is 0 Å². The third kappa shape index (κ3) is 2.46. The molecule has 2 rings (SSSR count). The first-order valence-electron chi connectivity index (χ1n) is 5.61. The number of carbonyl (C=O) groups is 1. The summed E-state index contributed by atoms with van der Waals surface area (Å²) in [6, 6.07) is 4.46. The second kappa shape index (κ2) is 4.57. The van der Waals surface area contributed by atoms with E-state index in [1.54, 1.807) is 19.1 Å². The fraction of sp³-hybridized carbons (Fsp3) is 0.417. The Morgan fingerprint density at radius 3 is 2.72 bits per heavy atom. The first-order chi connectivity index (χ1) is 8.47. The highest BCUT2D eigenvalue weighted by Gasteiger charge is 2.43. The van der Waals surface area contributed by atoms with E-state index >= 15 is 0 Å². The Balaban J connectivity index is 2.21. The number of nitro groups is 1. The van der Waals surface area contributed by atoms with Gasteiger partial charge in [0.05, 0.1) is 10.5 Å². The van der Waals surface area contributed by atoms with Gasteiger partial charge in [0, 0.05) is 23.1 Å². The summed E-state index contributed by atoms with van der Waals surface area (Å²) in [5.41, 5.74) is 0.482. The van der Waals surface area contributed by atoms with Gasteiger partial charge in [-0.15, -0.1) is 11.6 Å². The highest BCUT2D eigenvalue weighted by Crippen LogP contribution is 2.36. The van der Waals surface area contributed by atoms with Gasteiger partial charge in [-0.3, -0.25) is 14.9 Å². The van der Waals surface area contributed by atoms with Crippen LogP contribution in [0.4, 0.5) is 5.69 Å². The molecule has 96 valence electrons. The molecule has 0 saturated heterocycles. The van der Waals surface area contributed by atoms with Crippen LogP contribution < -0.4 is 5.32 Å². The second-order valence-corrected chi connectivity index (χ2v) is 4.89. The first-order valence-corrected chi connectivity index (χ1v) is 6.14. The molecule has 1 aromatic rings. The van der Waals surface area contributed by atoms with Crippen molar-refractivity contribution in [1.29, 1.82) is 0 Å². The van der Waals surface area contributed by atoms with Crippen LogP contribution in [0.1, 0.15) is 28.8 Å². The summed E-state index contributed by atoms with van der Waals surface area (Å²) >= 11 is 5.77. The molecule has 0 bridgehead atoms. The largest absolute Gasteiger partial charge is 0.345 e. The van der Waals surface area contributed by atoms with E-state index in [1.807, 2.05) is 0 Å². The van der Waals surface area contributed by atoms with Crippen molar-refractivity contribution in [3.63, 3.8) is 0 Å². The maximum atomic E-state index is 12.0. The number of hydrogen-bond acceptors (Lipinski definition) is 3. The summed E-state index contributed by atoms with van der Waals surface area (Å²) in [5.74, 6) is 0.0587. The van der Waals surface area contributed by atoms with Gasteiger partial charge in [-0.05, 0) is 25.8 Å². The van der Waals surface area contributed by atoms with Crippen LogP contribution in [-0.2, 0) is 0 Å². The van der Waals surface area contributed by atoms with Crippen molar-refractivity contribution < 1.29 is 9.72 Å². The Morgan fingerprint density at radius 2 is 2.22 bits per heavy atom. The standard InChI is InChI=1S/C12H13ClN2O3/c1-8-2-3-9(6-10(8)15(17)18)11(16)14-12(7-13)4-5-12/h2-3,6H,4-5,7H2,1H3,(H,14,16). The lowest BCUT2D eigenvalue weighted by molar-refractivity contribution is -0.385. The van der Waals surface area contributed by atoms with E-state index < -0.39 is 4.92 Å². The summed E-state index contributed by atoms with van der Waals surface area (Å²) in [7, 11) is 0. The minimum atomic E-state index is -0.486. The number of amides is 1. The molecule has 1 aliphatic rings. The molecule has 1 fully saturated rings. The molecular formula is C12H13ClN2O3. The normalized spacial score (nSPS) is 16.1. The number of nitro benzene ring substituents is 1. The van der Waals surface area contributed by atoms with Crippen molar-refractivity contribution in [2.24, 2.45) is 0 Å². The van der Waals surface area contributed by atoms with Crippen molar-refractivity contribution in [2.45, 2.75) is 25.3 Å². The predicted molar refractivity (Wildman–Crippen MR) is 68.0 cm³/mol.